The molecule has 1 heteroatoms. The van der Waals surface area contributed by atoms with Gasteiger partial charge in [-0.3, -0.25) is 0 Å². The molecule has 0 saturated carbocycles. The molecule has 5 aromatic carbocycles. The lowest BCUT2D eigenvalue weighted by Gasteiger charge is -2.29. The number of aryl methyl sites for hydroxylation is 1. The molecule has 0 fully saturated rings. The van der Waals surface area contributed by atoms with Gasteiger partial charge in [0.1, 0.15) is 0 Å². The van der Waals surface area contributed by atoms with Gasteiger partial charge in [0, 0.05) is 17.0 Å². The van der Waals surface area contributed by atoms with E-state index in [1.54, 1.807) is 0 Å². The van der Waals surface area contributed by atoms with Gasteiger partial charge in [-0.2, -0.15) is 0 Å². The Labute approximate surface area is 170 Å². The van der Waals surface area contributed by atoms with E-state index in [0.717, 1.165) is 18.5 Å². The van der Waals surface area contributed by atoms with Gasteiger partial charge >= 0.3 is 0 Å². The summed E-state index contributed by atoms with van der Waals surface area (Å²) in [5, 5.41) is 7.82. The molecule has 0 aromatic heterocycles. The molecule has 1 aliphatic carbocycles. The highest BCUT2D eigenvalue weighted by molar-refractivity contribution is 6.09. The lowest BCUT2D eigenvalue weighted by atomic mass is 9.76. The number of hydrogen-bond donors (Lipinski definition) is 1. The first kappa shape index (κ1) is 16.6. The maximum atomic E-state index is 6.69. The largest absolute Gasteiger partial charge is 0.398 e. The quantitative estimate of drug-likeness (QED) is 0.244. The normalized spacial score (nSPS) is 16.3. The second-order valence-electron chi connectivity index (χ2n) is 8.25. The van der Waals surface area contributed by atoms with Crippen LogP contribution in [0.3, 0.4) is 0 Å². The summed E-state index contributed by atoms with van der Waals surface area (Å²) in [6.07, 6.45) is 3.51. The minimum atomic E-state index is 0.374. The molecule has 6 rings (SSSR count). The molecule has 2 N–H and O–H groups in total. The highest BCUT2D eigenvalue weighted by atomic mass is 14.6. The van der Waals surface area contributed by atoms with Gasteiger partial charge < -0.3 is 5.73 Å². The van der Waals surface area contributed by atoms with Gasteiger partial charge in [-0.15, -0.1) is 0 Å². The van der Waals surface area contributed by atoms with Crippen LogP contribution >= 0.6 is 0 Å². The smallest absolute Gasteiger partial charge is 0.0432 e. The van der Waals surface area contributed by atoms with Crippen molar-refractivity contribution in [1.82, 2.24) is 0 Å². The number of fused-ring (bicyclic) bond motifs is 6. The lowest BCUT2D eigenvalue weighted by Crippen LogP contribution is -2.13. The van der Waals surface area contributed by atoms with Crippen molar-refractivity contribution in [2.45, 2.75) is 25.2 Å². The van der Waals surface area contributed by atoms with Crippen molar-refractivity contribution in [2.24, 2.45) is 0 Å². The van der Waals surface area contributed by atoms with Crippen LogP contribution in [0.1, 0.15) is 35.4 Å². The van der Waals surface area contributed by atoms with Crippen LogP contribution in [0, 0.1) is 0 Å². The van der Waals surface area contributed by atoms with Gasteiger partial charge in [-0.05, 0) is 62.9 Å². The summed E-state index contributed by atoms with van der Waals surface area (Å²) >= 11 is 0. The van der Waals surface area contributed by atoms with E-state index in [-0.39, 0.29) is 0 Å². The second-order valence-corrected chi connectivity index (χ2v) is 8.25. The van der Waals surface area contributed by atoms with Crippen LogP contribution < -0.4 is 5.73 Å². The zero-order valence-electron chi connectivity index (χ0n) is 16.4. The maximum Gasteiger partial charge on any atom is 0.0432 e. The first-order valence-electron chi connectivity index (χ1n) is 10.5. The Bertz CT molecular complexity index is 1400. The van der Waals surface area contributed by atoms with E-state index < -0.39 is 0 Å². The summed E-state index contributed by atoms with van der Waals surface area (Å²) in [4.78, 5) is 0. The summed E-state index contributed by atoms with van der Waals surface area (Å²) in [7, 11) is 0. The summed E-state index contributed by atoms with van der Waals surface area (Å²) in [5.74, 6) is 0.374. The van der Waals surface area contributed by atoms with Crippen LogP contribution in [0.5, 0.6) is 0 Å². The highest BCUT2D eigenvalue weighted by Crippen LogP contribution is 2.43. The molecule has 0 saturated heterocycles. The molecular formula is C28H23N. The van der Waals surface area contributed by atoms with Crippen LogP contribution in [0.15, 0.2) is 84.9 Å². The Morgan fingerprint density at radius 3 is 2.10 bits per heavy atom. The molecule has 1 aliphatic rings. The van der Waals surface area contributed by atoms with Crippen molar-refractivity contribution in [1.29, 1.82) is 0 Å². The summed E-state index contributed by atoms with van der Waals surface area (Å²) in [6.45, 7) is 0. The van der Waals surface area contributed by atoms with Crippen molar-refractivity contribution in [2.75, 3.05) is 5.73 Å². The van der Waals surface area contributed by atoms with E-state index in [2.05, 4.69) is 84.9 Å². The monoisotopic (exact) mass is 373 g/mol. The number of anilines is 1. The van der Waals surface area contributed by atoms with Crippen LogP contribution in [0.25, 0.3) is 32.3 Å². The fourth-order valence-electron chi connectivity index (χ4n) is 5.35. The predicted molar refractivity (Wildman–Crippen MR) is 125 cm³/mol. The standard InChI is InChI=1S/C28H23N/c29-28-21-9-4-2-7-19(21)13-15-27(28)23-11-5-10-22-25-14-12-18-6-1-3-8-20(18)24(25)16-17-26(22)23/h1-4,6-9,12-17,23H,5,10-11,29H2/t23-/m0/s1. The lowest BCUT2D eigenvalue weighted by molar-refractivity contribution is 0.621. The molecule has 29 heavy (non-hydrogen) atoms. The van der Waals surface area contributed by atoms with Gasteiger partial charge in [-0.25, -0.2) is 0 Å². The maximum absolute atomic E-state index is 6.69. The Morgan fingerprint density at radius 1 is 0.586 bits per heavy atom. The Kier molecular flexibility index (Phi) is 3.64. The number of nitrogen functional groups attached to an aromatic ring is 1. The fraction of sp³-hybridized carbons (Fsp3) is 0.143. The number of nitrogens with two attached hydrogens (primary N) is 1. The summed E-state index contributed by atoms with van der Waals surface area (Å²) in [5.41, 5.74) is 11.9. The van der Waals surface area contributed by atoms with E-state index >= 15 is 0 Å². The van der Waals surface area contributed by atoms with Crippen LogP contribution in [0.4, 0.5) is 5.69 Å². The average molecular weight is 373 g/mol. The van der Waals surface area contributed by atoms with E-state index in [0.29, 0.717) is 5.92 Å². The predicted octanol–water partition coefficient (Wildman–Crippen LogP) is 7.20. The molecule has 140 valence electrons. The van der Waals surface area contributed by atoms with Crippen molar-refractivity contribution in [3.63, 3.8) is 0 Å². The second kappa shape index (κ2) is 6.35. The molecular weight excluding hydrogens is 350 g/mol. The van der Waals surface area contributed by atoms with Crippen molar-refractivity contribution >= 4 is 38.0 Å². The third-order valence-corrected chi connectivity index (χ3v) is 6.75. The minimum Gasteiger partial charge on any atom is -0.398 e. The molecule has 1 atom stereocenters. The van der Waals surface area contributed by atoms with Crippen LogP contribution in [0.2, 0.25) is 0 Å². The van der Waals surface area contributed by atoms with Crippen molar-refractivity contribution < 1.29 is 0 Å². The first-order valence-corrected chi connectivity index (χ1v) is 10.5. The Hall–Kier alpha value is -3.32. The molecule has 0 amide bonds. The van der Waals surface area contributed by atoms with Crippen molar-refractivity contribution in [3.8, 4) is 0 Å². The molecule has 5 aromatic rings. The van der Waals surface area contributed by atoms with Gasteiger partial charge in [0.05, 0.1) is 0 Å². The third kappa shape index (κ3) is 2.47. The average Bonchev–Trinajstić information content (AvgIpc) is 2.79. The van der Waals surface area contributed by atoms with Crippen molar-refractivity contribution in [3.05, 3.63) is 102 Å². The fourth-order valence-corrected chi connectivity index (χ4v) is 5.35. The Balaban J connectivity index is 1.58. The highest BCUT2D eigenvalue weighted by Gasteiger charge is 2.25. The molecule has 0 unspecified atom stereocenters. The molecule has 1 nitrogen and oxygen atoms in total. The summed E-state index contributed by atoms with van der Waals surface area (Å²) < 4.78 is 0. The Morgan fingerprint density at radius 2 is 1.24 bits per heavy atom. The molecule has 0 aliphatic heterocycles. The topological polar surface area (TPSA) is 26.0 Å². The molecule has 0 spiro atoms. The van der Waals surface area contributed by atoms with Gasteiger partial charge in [0.2, 0.25) is 0 Å². The molecule has 0 heterocycles. The van der Waals surface area contributed by atoms with Crippen LogP contribution in [-0.2, 0) is 6.42 Å². The summed E-state index contributed by atoms with van der Waals surface area (Å²) in [6, 6.07) is 30.9. The van der Waals surface area contributed by atoms with E-state index in [9.17, 15) is 0 Å². The van der Waals surface area contributed by atoms with E-state index in [1.165, 1.54) is 55.4 Å². The number of rotatable bonds is 1. The zero-order chi connectivity index (χ0) is 19.4. The minimum absolute atomic E-state index is 0.374. The van der Waals surface area contributed by atoms with Crippen LogP contribution in [-0.4, -0.2) is 0 Å². The number of benzene rings is 5. The van der Waals surface area contributed by atoms with Gasteiger partial charge in [-0.1, -0.05) is 84.9 Å². The third-order valence-electron chi connectivity index (χ3n) is 6.75. The molecule has 0 bridgehead atoms. The van der Waals surface area contributed by atoms with E-state index in [4.69, 9.17) is 5.73 Å². The molecule has 0 radical (unpaired) electrons. The van der Waals surface area contributed by atoms with Gasteiger partial charge in [0.25, 0.3) is 0 Å². The zero-order valence-corrected chi connectivity index (χ0v) is 16.4. The first-order chi connectivity index (χ1) is 14.3. The number of hydrogen-bond acceptors (Lipinski definition) is 1. The SMILES string of the molecule is Nc1c([C@H]2CCCc3c2ccc2c3ccc3ccccc32)ccc2ccccc12. The van der Waals surface area contributed by atoms with E-state index in [1.807, 2.05) is 0 Å². The van der Waals surface area contributed by atoms with Gasteiger partial charge in [0.15, 0.2) is 0 Å².